The second kappa shape index (κ2) is 5.07. The highest BCUT2D eigenvalue weighted by molar-refractivity contribution is 7.91. The van der Waals surface area contributed by atoms with Crippen LogP contribution in [0.2, 0.25) is 0 Å². The molecule has 0 aromatic carbocycles. The zero-order valence-electron chi connectivity index (χ0n) is 9.88. The van der Waals surface area contributed by atoms with Gasteiger partial charge in [0.05, 0.1) is 11.1 Å². The zero-order chi connectivity index (χ0) is 13.2. The minimum atomic E-state index is -2.97. The Morgan fingerprint density at radius 2 is 2.22 bits per heavy atom. The van der Waals surface area contributed by atoms with Gasteiger partial charge in [-0.2, -0.15) is 4.98 Å². The van der Waals surface area contributed by atoms with Gasteiger partial charge in [0.15, 0.2) is 9.84 Å². The predicted molar refractivity (Wildman–Crippen MR) is 74.6 cm³/mol. The molecule has 98 valence electrons. The highest BCUT2D eigenvalue weighted by Crippen LogP contribution is 2.25. The SMILES string of the molecule is CCS(=O)(=O)CCNc1nc(N)nc2sccc12. The lowest BCUT2D eigenvalue weighted by Crippen LogP contribution is -2.18. The first-order chi connectivity index (χ1) is 8.52. The third-order valence-corrected chi connectivity index (χ3v) is 5.00. The van der Waals surface area contributed by atoms with Gasteiger partial charge in [-0.25, -0.2) is 13.4 Å². The first-order valence-corrected chi connectivity index (χ1v) is 8.17. The molecule has 0 aliphatic carbocycles. The molecule has 0 atom stereocenters. The van der Waals surface area contributed by atoms with E-state index in [1.54, 1.807) is 6.92 Å². The number of hydrogen-bond acceptors (Lipinski definition) is 7. The molecule has 3 N–H and O–H groups in total. The van der Waals surface area contributed by atoms with Crippen molar-refractivity contribution in [3.8, 4) is 0 Å². The maximum atomic E-state index is 11.4. The molecule has 0 saturated heterocycles. The molecule has 6 nitrogen and oxygen atoms in total. The van der Waals surface area contributed by atoms with Crippen LogP contribution in [0.4, 0.5) is 11.8 Å². The Morgan fingerprint density at radius 3 is 2.94 bits per heavy atom. The number of rotatable bonds is 5. The first-order valence-electron chi connectivity index (χ1n) is 5.47. The lowest BCUT2D eigenvalue weighted by Gasteiger charge is -2.07. The minimum Gasteiger partial charge on any atom is -0.368 e. The van der Waals surface area contributed by atoms with E-state index in [4.69, 9.17) is 5.73 Å². The number of thiophene rings is 1. The smallest absolute Gasteiger partial charge is 0.223 e. The Bertz CT molecular complexity index is 651. The maximum absolute atomic E-state index is 11.4. The fraction of sp³-hybridized carbons (Fsp3) is 0.400. The monoisotopic (exact) mass is 286 g/mol. The normalized spacial score (nSPS) is 11.8. The summed E-state index contributed by atoms with van der Waals surface area (Å²) in [6.45, 7) is 1.95. The molecular weight excluding hydrogens is 272 g/mol. The average Bonchev–Trinajstić information content (AvgIpc) is 2.76. The van der Waals surface area contributed by atoms with Crippen LogP contribution >= 0.6 is 11.3 Å². The van der Waals surface area contributed by atoms with Crippen LogP contribution in [-0.2, 0) is 9.84 Å². The molecule has 0 spiro atoms. The van der Waals surface area contributed by atoms with Crippen LogP contribution < -0.4 is 11.1 Å². The van der Waals surface area contributed by atoms with Crippen molar-refractivity contribution in [2.24, 2.45) is 0 Å². The second-order valence-corrected chi connectivity index (χ2v) is 7.10. The highest BCUT2D eigenvalue weighted by Gasteiger charge is 2.10. The molecule has 0 saturated carbocycles. The lowest BCUT2D eigenvalue weighted by atomic mass is 10.4. The lowest BCUT2D eigenvalue weighted by molar-refractivity contribution is 0.597. The van der Waals surface area contributed by atoms with E-state index in [1.807, 2.05) is 11.4 Å². The summed E-state index contributed by atoms with van der Waals surface area (Å²) in [6, 6.07) is 1.89. The summed E-state index contributed by atoms with van der Waals surface area (Å²) in [5.41, 5.74) is 5.59. The van der Waals surface area contributed by atoms with E-state index in [0.717, 1.165) is 10.2 Å². The standard InChI is InChI=1S/C10H14N4O2S2/c1-2-18(15,16)6-4-12-8-7-3-5-17-9(7)14-10(11)13-8/h3,5H,2,4,6H2,1H3,(H3,11,12,13,14). The highest BCUT2D eigenvalue weighted by atomic mass is 32.2. The summed E-state index contributed by atoms with van der Waals surface area (Å²) >= 11 is 1.47. The molecule has 0 amide bonds. The predicted octanol–water partition coefficient (Wildman–Crippen LogP) is 1.12. The van der Waals surface area contributed by atoms with Crippen LogP contribution in [0.25, 0.3) is 10.2 Å². The number of aromatic nitrogens is 2. The van der Waals surface area contributed by atoms with Gasteiger partial charge in [-0.05, 0) is 11.4 Å². The summed E-state index contributed by atoms with van der Waals surface area (Å²) in [4.78, 5) is 8.98. The van der Waals surface area contributed by atoms with Crippen molar-refractivity contribution < 1.29 is 8.42 Å². The fourth-order valence-corrected chi connectivity index (χ4v) is 2.95. The van der Waals surface area contributed by atoms with Gasteiger partial charge < -0.3 is 11.1 Å². The summed E-state index contributed by atoms with van der Waals surface area (Å²) in [6.07, 6.45) is 0. The average molecular weight is 286 g/mol. The molecule has 0 radical (unpaired) electrons. The minimum absolute atomic E-state index is 0.0824. The van der Waals surface area contributed by atoms with Crippen LogP contribution in [0.15, 0.2) is 11.4 Å². The third kappa shape index (κ3) is 2.88. The van der Waals surface area contributed by atoms with Crippen LogP contribution in [0.3, 0.4) is 0 Å². The number of fused-ring (bicyclic) bond motifs is 1. The van der Waals surface area contributed by atoms with E-state index in [2.05, 4.69) is 15.3 Å². The molecule has 0 fully saturated rings. The van der Waals surface area contributed by atoms with Crippen LogP contribution in [0.5, 0.6) is 0 Å². The molecule has 2 heterocycles. The van der Waals surface area contributed by atoms with Crippen molar-refractivity contribution in [1.29, 1.82) is 0 Å². The van der Waals surface area contributed by atoms with Gasteiger partial charge >= 0.3 is 0 Å². The molecule has 0 unspecified atom stereocenters. The maximum Gasteiger partial charge on any atom is 0.223 e. The van der Waals surface area contributed by atoms with Crippen molar-refractivity contribution in [2.75, 3.05) is 29.1 Å². The van der Waals surface area contributed by atoms with Gasteiger partial charge in [-0.15, -0.1) is 11.3 Å². The van der Waals surface area contributed by atoms with Crippen LogP contribution in [0.1, 0.15) is 6.92 Å². The number of nitrogens with one attached hydrogen (secondary N) is 1. The van der Waals surface area contributed by atoms with Crippen molar-refractivity contribution in [3.63, 3.8) is 0 Å². The molecule has 18 heavy (non-hydrogen) atoms. The number of sulfone groups is 1. The zero-order valence-corrected chi connectivity index (χ0v) is 11.5. The van der Waals surface area contributed by atoms with Crippen molar-refractivity contribution in [1.82, 2.24) is 9.97 Å². The first kappa shape index (κ1) is 13.0. The summed E-state index contributed by atoms with van der Waals surface area (Å²) < 4.78 is 22.7. The molecule has 2 aromatic rings. The molecular formula is C10H14N4O2S2. The fourth-order valence-electron chi connectivity index (χ4n) is 1.48. The summed E-state index contributed by atoms with van der Waals surface area (Å²) in [5.74, 6) is 1.00. The Morgan fingerprint density at radius 1 is 1.44 bits per heavy atom. The van der Waals surface area contributed by atoms with E-state index in [0.29, 0.717) is 12.4 Å². The molecule has 0 bridgehead atoms. The Kier molecular flexibility index (Phi) is 3.67. The Labute approximate surface area is 109 Å². The van der Waals surface area contributed by atoms with E-state index in [9.17, 15) is 8.42 Å². The second-order valence-electron chi connectivity index (χ2n) is 3.73. The number of anilines is 2. The topological polar surface area (TPSA) is 98.0 Å². The van der Waals surface area contributed by atoms with Gasteiger partial charge in [0.25, 0.3) is 0 Å². The molecule has 8 heteroatoms. The summed E-state index contributed by atoms with van der Waals surface area (Å²) in [7, 11) is -2.97. The number of hydrogen-bond donors (Lipinski definition) is 2. The van der Waals surface area contributed by atoms with Gasteiger partial charge in [-0.1, -0.05) is 6.92 Å². The quantitative estimate of drug-likeness (QED) is 0.854. The van der Waals surface area contributed by atoms with E-state index in [-0.39, 0.29) is 17.5 Å². The van der Waals surface area contributed by atoms with Gasteiger partial charge in [0.1, 0.15) is 10.6 Å². The van der Waals surface area contributed by atoms with E-state index in [1.165, 1.54) is 11.3 Å². The number of nitrogen functional groups attached to an aromatic ring is 1. The molecule has 0 aliphatic rings. The van der Waals surface area contributed by atoms with Crippen LogP contribution in [0, 0.1) is 0 Å². The molecule has 0 aliphatic heterocycles. The van der Waals surface area contributed by atoms with Gasteiger partial charge in [0, 0.05) is 12.3 Å². The van der Waals surface area contributed by atoms with Crippen LogP contribution in [-0.4, -0.2) is 36.4 Å². The van der Waals surface area contributed by atoms with Crippen molar-refractivity contribution in [2.45, 2.75) is 6.92 Å². The molecule has 2 rings (SSSR count). The van der Waals surface area contributed by atoms with Crippen molar-refractivity contribution in [3.05, 3.63) is 11.4 Å². The largest absolute Gasteiger partial charge is 0.368 e. The summed E-state index contributed by atoms with van der Waals surface area (Å²) in [5, 5.41) is 5.76. The Balaban J connectivity index is 2.14. The van der Waals surface area contributed by atoms with E-state index >= 15 is 0 Å². The third-order valence-electron chi connectivity index (χ3n) is 2.49. The van der Waals surface area contributed by atoms with Gasteiger partial charge in [0.2, 0.25) is 5.95 Å². The number of nitrogens with two attached hydrogens (primary N) is 1. The molecule has 2 aromatic heterocycles. The van der Waals surface area contributed by atoms with E-state index < -0.39 is 9.84 Å². The number of nitrogens with zero attached hydrogens (tertiary/aromatic N) is 2. The Hall–Kier alpha value is -1.41. The van der Waals surface area contributed by atoms with Crippen molar-refractivity contribution >= 4 is 43.2 Å². The van der Waals surface area contributed by atoms with Gasteiger partial charge in [-0.3, -0.25) is 0 Å².